The number of para-hydroxylation sites is 1. The van der Waals surface area contributed by atoms with E-state index in [1.807, 2.05) is 48.2 Å². The maximum absolute atomic E-state index is 12.1. The molecule has 1 atom stereocenters. The number of nitrogens with one attached hydrogen (secondary N) is 2. The summed E-state index contributed by atoms with van der Waals surface area (Å²) in [4.78, 5) is 20.0. The number of halogens is 1. The lowest BCUT2D eigenvalue weighted by Crippen LogP contribution is -2.43. The number of hydrogen-bond acceptors (Lipinski definition) is 3. The summed E-state index contributed by atoms with van der Waals surface area (Å²) < 4.78 is 0. The molecule has 2 aromatic rings. The molecule has 1 aliphatic heterocycles. The van der Waals surface area contributed by atoms with E-state index in [4.69, 9.17) is 0 Å². The predicted molar refractivity (Wildman–Crippen MR) is 129 cm³/mol. The Balaban J connectivity index is 0.00000280. The average Bonchev–Trinajstić information content (AvgIpc) is 3.17. The second-order valence-corrected chi connectivity index (χ2v) is 7.63. The van der Waals surface area contributed by atoms with Gasteiger partial charge in [-0.05, 0) is 36.6 Å². The highest BCUT2D eigenvalue weighted by Crippen LogP contribution is 2.25. The van der Waals surface area contributed by atoms with Crippen molar-refractivity contribution in [2.75, 3.05) is 37.8 Å². The molecule has 0 saturated carbocycles. The molecule has 1 saturated heterocycles. The molecule has 2 N–H and O–H groups in total. The van der Waals surface area contributed by atoms with E-state index in [-0.39, 0.29) is 36.4 Å². The van der Waals surface area contributed by atoms with Gasteiger partial charge in [0.25, 0.3) is 0 Å². The van der Waals surface area contributed by atoms with Gasteiger partial charge in [-0.3, -0.25) is 9.79 Å². The van der Waals surface area contributed by atoms with E-state index in [0.717, 1.165) is 36.9 Å². The van der Waals surface area contributed by atoms with E-state index in [1.165, 1.54) is 4.90 Å². The number of likely N-dealkylation sites (tertiary alicyclic amines) is 1. The Bertz CT molecular complexity index is 758. The van der Waals surface area contributed by atoms with Crippen molar-refractivity contribution in [3.8, 4) is 0 Å². The fraction of sp³-hybridized carbons (Fsp3) is 0.333. The van der Waals surface area contributed by atoms with E-state index in [9.17, 15) is 4.79 Å². The number of anilines is 1. The van der Waals surface area contributed by atoms with Crippen molar-refractivity contribution in [3.05, 3.63) is 60.7 Å². The van der Waals surface area contributed by atoms with Gasteiger partial charge in [0.1, 0.15) is 0 Å². The van der Waals surface area contributed by atoms with Crippen LogP contribution >= 0.6 is 35.7 Å². The van der Waals surface area contributed by atoms with Crippen LogP contribution in [-0.2, 0) is 4.79 Å². The Morgan fingerprint density at radius 2 is 1.82 bits per heavy atom. The van der Waals surface area contributed by atoms with Gasteiger partial charge >= 0.3 is 0 Å². The normalized spacial score (nSPS) is 16.4. The minimum absolute atomic E-state index is 0. The summed E-state index contributed by atoms with van der Waals surface area (Å²) in [6, 6.07) is 20.0. The minimum Gasteiger partial charge on any atom is -0.347 e. The molecule has 5 nitrogen and oxygen atoms in total. The maximum atomic E-state index is 12.1. The van der Waals surface area contributed by atoms with E-state index in [0.29, 0.717) is 5.92 Å². The molecule has 1 aliphatic rings. The lowest BCUT2D eigenvalue weighted by molar-refractivity contribution is -0.115. The van der Waals surface area contributed by atoms with Crippen molar-refractivity contribution in [3.63, 3.8) is 0 Å². The summed E-state index contributed by atoms with van der Waals surface area (Å²) in [5, 5.41) is 6.06. The van der Waals surface area contributed by atoms with Crippen molar-refractivity contribution in [2.24, 2.45) is 10.9 Å². The van der Waals surface area contributed by atoms with Crippen molar-refractivity contribution >= 4 is 53.3 Å². The van der Waals surface area contributed by atoms with Crippen molar-refractivity contribution in [1.29, 1.82) is 0 Å². The number of nitrogens with zero attached hydrogens (tertiary/aromatic N) is 2. The second-order valence-electron chi connectivity index (χ2n) is 6.54. The SMILES string of the molecule is CN=C(NCC(=O)Nc1ccccc1)N1CCC(CSc2ccccc2)C1.I. The molecule has 7 heteroatoms. The number of carbonyl (C=O) groups is 1. The molecule has 1 heterocycles. The maximum Gasteiger partial charge on any atom is 0.243 e. The van der Waals surface area contributed by atoms with Crippen LogP contribution < -0.4 is 10.6 Å². The lowest BCUT2D eigenvalue weighted by Gasteiger charge is -2.21. The number of aliphatic imine (C=N–C) groups is 1. The highest BCUT2D eigenvalue weighted by molar-refractivity contribution is 14.0. The van der Waals surface area contributed by atoms with Crippen LogP contribution in [0.4, 0.5) is 5.69 Å². The molecule has 0 bridgehead atoms. The molecule has 2 aromatic carbocycles. The molecule has 1 fully saturated rings. The first-order valence-electron chi connectivity index (χ1n) is 9.23. The summed E-state index contributed by atoms with van der Waals surface area (Å²) in [6.07, 6.45) is 1.15. The number of thioether (sulfide) groups is 1. The predicted octanol–water partition coefficient (Wildman–Crippen LogP) is 3.93. The Kier molecular flexibility index (Phi) is 9.63. The van der Waals surface area contributed by atoms with Gasteiger partial charge in [0.05, 0.1) is 6.54 Å². The number of amides is 1. The molecular weight excluding hydrogens is 483 g/mol. The number of benzene rings is 2. The van der Waals surface area contributed by atoms with E-state index in [2.05, 4.69) is 44.8 Å². The zero-order valence-electron chi connectivity index (χ0n) is 16.0. The fourth-order valence-corrected chi connectivity index (χ4v) is 4.16. The Labute approximate surface area is 188 Å². The van der Waals surface area contributed by atoms with Gasteiger partial charge in [0, 0.05) is 36.5 Å². The van der Waals surface area contributed by atoms with Crippen LogP contribution in [0.2, 0.25) is 0 Å². The minimum atomic E-state index is -0.0715. The average molecular weight is 510 g/mol. The zero-order valence-corrected chi connectivity index (χ0v) is 19.2. The van der Waals surface area contributed by atoms with Crippen molar-refractivity contribution in [2.45, 2.75) is 11.3 Å². The van der Waals surface area contributed by atoms with Gasteiger partial charge in [0.2, 0.25) is 5.91 Å². The number of hydrogen-bond donors (Lipinski definition) is 2. The first-order valence-corrected chi connectivity index (χ1v) is 10.2. The molecule has 0 radical (unpaired) electrons. The molecule has 1 amide bonds. The first-order chi connectivity index (χ1) is 13.2. The number of guanidine groups is 1. The van der Waals surface area contributed by atoms with Crippen molar-refractivity contribution in [1.82, 2.24) is 10.2 Å². The van der Waals surface area contributed by atoms with Gasteiger partial charge in [-0.25, -0.2) is 0 Å². The summed E-state index contributed by atoms with van der Waals surface area (Å²) in [5.74, 6) is 2.46. The molecule has 0 aliphatic carbocycles. The summed E-state index contributed by atoms with van der Waals surface area (Å²) in [6.45, 7) is 2.15. The van der Waals surface area contributed by atoms with Crippen LogP contribution in [0.25, 0.3) is 0 Å². The summed E-state index contributed by atoms with van der Waals surface area (Å²) >= 11 is 1.91. The standard InChI is InChI=1S/C21H26N4OS.HI/c1-22-21(23-14-20(26)24-18-8-4-2-5-9-18)25-13-12-17(15-25)16-27-19-10-6-3-7-11-19;/h2-11,17H,12-16H2,1H3,(H,22,23)(H,24,26);1H. The van der Waals surface area contributed by atoms with Crippen LogP contribution in [0.3, 0.4) is 0 Å². The lowest BCUT2D eigenvalue weighted by atomic mass is 10.2. The highest BCUT2D eigenvalue weighted by atomic mass is 127. The third-order valence-corrected chi connectivity index (χ3v) is 5.73. The van der Waals surface area contributed by atoms with Gasteiger partial charge in [-0.2, -0.15) is 0 Å². The molecular formula is C21H27IN4OS. The molecule has 0 aromatic heterocycles. The van der Waals surface area contributed by atoms with Crippen LogP contribution in [0.1, 0.15) is 6.42 Å². The summed E-state index contributed by atoms with van der Waals surface area (Å²) in [5.41, 5.74) is 0.804. The third kappa shape index (κ3) is 7.01. The summed E-state index contributed by atoms with van der Waals surface area (Å²) in [7, 11) is 1.77. The van der Waals surface area contributed by atoms with Gasteiger partial charge in [-0.1, -0.05) is 36.4 Å². The topological polar surface area (TPSA) is 56.7 Å². The van der Waals surface area contributed by atoms with Crippen LogP contribution in [0, 0.1) is 5.92 Å². The van der Waals surface area contributed by atoms with E-state index in [1.54, 1.807) is 7.05 Å². The van der Waals surface area contributed by atoms with Gasteiger partial charge in [-0.15, -0.1) is 35.7 Å². The monoisotopic (exact) mass is 510 g/mol. The first kappa shape index (κ1) is 22.5. The quantitative estimate of drug-likeness (QED) is 0.268. The van der Waals surface area contributed by atoms with Crippen LogP contribution in [0.15, 0.2) is 70.6 Å². The van der Waals surface area contributed by atoms with Gasteiger partial charge in [0.15, 0.2) is 5.96 Å². The number of carbonyl (C=O) groups excluding carboxylic acids is 1. The van der Waals surface area contributed by atoms with Gasteiger partial charge < -0.3 is 15.5 Å². The smallest absolute Gasteiger partial charge is 0.243 e. The highest BCUT2D eigenvalue weighted by Gasteiger charge is 2.25. The molecule has 28 heavy (non-hydrogen) atoms. The van der Waals surface area contributed by atoms with Crippen LogP contribution in [-0.4, -0.2) is 49.2 Å². The molecule has 3 rings (SSSR count). The third-order valence-electron chi connectivity index (χ3n) is 4.49. The Hall–Kier alpha value is -1.74. The molecule has 1 unspecified atom stereocenters. The Morgan fingerprint density at radius 1 is 1.14 bits per heavy atom. The Morgan fingerprint density at radius 3 is 2.50 bits per heavy atom. The molecule has 0 spiro atoms. The zero-order chi connectivity index (χ0) is 18.9. The van der Waals surface area contributed by atoms with Crippen LogP contribution in [0.5, 0.6) is 0 Å². The largest absolute Gasteiger partial charge is 0.347 e. The molecule has 150 valence electrons. The number of rotatable bonds is 6. The van der Waals surface area contributed by atoms with E-state index >= 15 is 0 Å². The van der Waals surface area contributed by atoms with E-state index < -0.39 is 0 Å². The fourth-order valence-electron chi connectivity index (χ4n) is 3.11. The second kappa shape index (κ2) is 12.0. The van der Waals surface area contributed by atoms with Crippen molar-refractivity contribution < 1.29 is 4.79 Å².